The van der Waals surface area contributed by atoms with Gasteiger partial charge in [-0.25, -0.2) is 0 Å². The lowest BCUT2D eigenvalue weighted by Gasteiger charge is -2.41. The Morgan fingerprint density at radius 3 is 2.47 bits per heavy atom. The fourth-order valence-corrected chi connectivity index (χ4v) is 5.04. The van der Waals surface area contributed by atoms with Crippen molar-refractivity contribution in [3.63, 3.8) is 0 Å². The molecule has 8 heteroatoms. The Labute approximate surface area is 188 Å². The molecule has 0 unspecified atom stereocenters. The van der Waals surface area contributed by atoms with E-state index in [1.54, 1.807) is 18.2 Å². The molecule has 1 aromatic carbocycles. The lowest BCUT2D eigenvalue weighted by atomic mass is 9.77. The number of ether oxygens (including phenoxy) is 1. The maximum atomic E-state index is 13.0. The summed E-state index contributed by atoms with van der Waals surface area (Å²) in [7, 11) is 4.28. The van der Waals surface area contributed by atoms with Crippen molar-refractivity contribution < 1.29 is 19.4 Å². The summed E-state index contributed by atoms with van der Waals surface area (Å²) < 4.78 is 6.32. The number of rotatable bonds is 5. The van der Waals surface area contributed by atoms with Crippen molar-refractivity contribution in [1.29, 1.82) is 0 Å². The van der Waals surface area contributed by atoms with Crippen LogP contribution >= 0.6 is 23.2 Å². The first-order chi connectivity index (χ1) is 14.3. The summed E-state index contributed by atoms with van der Waals surface area (Å²) in [4.78, 5) is 25.6. The Morgan fingerprint density at radius 1 is 1.23 bits per heavy atom. The first-order valence-electron chi connectivity index (χ1n) is 10.4. The Balaban J connectivity index is 0.000000806. The number of benzene rings is 1. The number of carbonyl (C=O) groups excluding carboxylic acids is 1. The fraction of sp³-hybridized carbons (Fsp3) is 0.636. The fourth-order valence-electron chi connectivity index (χ4n) is 4.66. The molecule has 1 saturated heterocycles. The lowest BCUT2D eigenvalue weighted by molar-refractivity contribution is -0.122. The van der Waals surface area contributed by atoms with Gasteiger partial charge < -0.3 is 19.6 Å². The minimum Gasteiger partial charge on any atom is -0.483 e. The quantitative estimate of drug-likeness (QED) is 0.680. The highest BCUT2D eigenvalue weighted by atomic mass is 35.5. The Hall–Kier alpha value is -1.34. The van der Waals surface area contributed by atoms with E-state index in [0.29, 0.717) is 33.5 Å². The molecule has 1 amide bonds. The normalized spacial score (nSPS) is 28.0. The van der Waals surface area contributed by atoms with Gasteiger partial charge in [-0.2, -0.15) is 0 Å². The molecule has 2 saturated carbocycles. The van der Waals surface area contributed by atoms with Gasteiger partial charge in [0.1, 0.15) is 0 Å². The summed E-state index contributed by atoms with van der Waals surface area (Å²) in [6.45, 7) is 2.23. The van der Waals surface area contributed by atoms with Gasteiger partial charge in [-0.1, -0.05) is 29.3 Å². The summed E-state index contributed by atoms with van der Waals surface area (Å²) in [6, 6.07) is 5.69. The minimum atomic E-state index is -0.250. The average molecular weight is 457 g/mol. The molecule has 30 heavy (non-hydrogen) atoms. The predicted octanol–water partition coefficient (Wildman–Crippen LogP) is 3.90. The van der Waals surface area contributed by atoms with Gasteiger partial charge in [0.05, 0.1) is 21.7 Å². The molecule has 0 bridgehead atoms. The number of carbonyl (C=O) groups is 2. The SMILES string of the molecule is CN(C)[C@@H]1C[C@@H]2CN(C(=O)c3cccc(Cl)c3Cl)C[C@@H]2C[C@H]1OCC1CC1.O=CO. The zero-order valence-electron chi connectivity index (χ0n) is 17.5. The van der Waals surface area contributed by atoms with Gasteiger partial charge in [0, 0.05) is 25.7 Å². The first kappa shape index (κ1) is 23.3. The third-order valence-corrected chi connectivity index (χ3v) is 7.28. The van der Waals surface area contributed by atoms with E-state index in [0.717, 1.165) is 38.5 Å². The van der Waals surface area contributed by atoms with E-state index in [4.69, 9.17) is 37.8 Å². The van der Waals surface area contributed by atoms with Gasteiger partial charge in [-0.05, 0) is 69.7 Å². The molecule has 0 spiro atoms. The summed E-state index contributed by atoms with van der Waals surface area (Å²) in [5.41, 5.74) is 0.508. The molecule has 4 atom stereocenters. The highest BCUT2D eigenvalue weighted by molar-refractivity contribution is 6.43. The minimum absolute atomic E-state index is 0.00579. The molecule has 3 fully saturated rings. The number of halogens is 2. The first-order valence-corrected chi connectivity index (χ1v) is 11.2. The van der Waals surface area contributed by atoms with Crippen LogP contribution in [0.15, 0.2) is 18.2 Å². The maximum Gasteiger partial charge on any atom is 0.290 e. The van der Waals surface area contributed by atoms with Gasteiger partial charge >= 0.3 is 0 Å². The number of fused-ring (bicyclic) bond motifs is 1. The van der Waals surface area contributed by atoms with E-state index in [1.165, 1.54) is 12.8 Å². The molecule has 1 aliphatic heterocycles. The van der Waals surface area contributed by atoms with Crippen molar-refractivity contribution in [2.45, 2.75) is 37.8 Å². The molecule has 3 aliphatic rings. The number of amides is 1. The van der Waals surface area contributed by atoms with Crippen molar-refractivity contribution >= 4 is 35.6 Å². The number of likely N-dealkylation sites (N-methyl/N-ethyl adjacent to an activating group) is 1. The molecular formula is C22H30Cl2N2O4. The molecule has 2 aliphatic carbocycles. The van der Waals surface area contributed by atoms with Gasteiger partial charge in [-0.15, -0.1) is 0 Å². The Morgan fingerprint density at radius 2 is 1.87 bits per heavy atom. The number of hydrogen-bond donors (Lipinski definition) is 1. The second kappa shape index (κ2) is 10.3. The van der Waals surface area contributed by atoms with Crippen LogP contribution < -0.4 is 0 Å². The Bertz CT molecular complexity index is 757. The summed E-state index contributed by atoms with van der Waals surface area (Å²) in [5.74, 6) is 1.80. The van der Waals surface area contributed by atoms with Crippen LogP contribution in [-0.2, 0) is 9.53 Å². The van der Waals surface area contributed by atoms with Gasteiger partial charge in [-0.3, -0.25) is 9.59 Å². The zero-order valence-corrected chi connectivity index (χ0v) is 19.0. The highest BCUT2D eigenvalue weighted by Gasteiger charge is 2.45. The van der Waals surface area contributed by atoms with Crippen molar-refractivity contribution in [2.75, 3.05) is 33.8 Å². The predicted molar refractivity (Wildman–Crippen MR) is 117 cm³/mol. The number of hydrogen-bond acceptors (Lipinski definition) is 4. The van der Waals surface area contributed by atoms with Crippen LogP contribution in [0.1, 0.15) is 36.0 Å². The second-order valence-electron chi connectivity index (χ2n) is 8.75. The molecule has 0 radical (unpaired) electrons. The van der Waals surface area contributed by atoms with Crippen LogP contribution in [0.25, 0.3) is 0 Å². The zero-order chi connectivity index (χ0) is 21.8. The largest absolute Gasteiger partial charge is 0.483 e. The standard InChI is InChI=1S/C21H28Cl2N2O2.CH2O2/c1-24(2)18-8-14-10-25(21(26)16-4-3-5-17(22)20(16)23)11-15(14)9-19(18)27-12-13-6-7-13;2-1-3/h3-5,13-15,18-19H,6-12H2,1-2H3;1H,(H,2,3)/t14-,15+,18-,19-;/m1./s1. The number of nitrogens with zero attached hydrogens (tertiary/aromatic N) is 2. The number of carboxylic acid groups (broad SMARTS) is 1. The number of likely N-dealkylation sites (tertiary alicyclic amines) is 1. The summed E-state index contributed by atoms with van der Waals surface area (Å²) >= 11 is 12.4. The van der Waals surface area contributed by atoms with Gasteiger partial charge in [0.2, 0.25) is 0 Å². The molecule has 4 rings (SSSR count). The van der Waals surface area contributed by atoms with Gasteiger partial charge in [0.15, 0.2) is 0 Å². The average Bonchev–Trinajstić information content (AvgIpc) is 3.45. The van der Waals surface area contributed by atoms with E-state index in [1.807, 2.05) is 4.90 Å². The molecule has 6 nitrogen and oxygen atoms in total. The molecule has 1 N–H and O–H groups in total. The molecule has 1 aromatic rings. The summed E-state index contributed by atoms with van der Waals surface area (Å²) in [6.07, 6.45) is 5.02. The second-order valence-corrected chi connectivity index (χ2v) is 9.54. The van der Waals surface area contributed by atoms with E-state index < -0.39 is 0 Å². The van der Waals surface area contributed by atoms with Crippen molar-refractivity contribution in [3.05, 3.63) is 33.8 Å². The smallest absolute Gasteiger partial charge is 0.290 e. The summed E-state index contributed by atoms with van der Waals surface area (Å²) in [5, 5.41) is 7.68. The molecule has 0 aromatic heterocycles. The Kier molecular flexibility index (Phi) is 8.02. The van der Waals surface area contributed by atoms with E-state index in [9.17, 15) is 4.79 Å². The van der Waals surface area contributed by atoms with Crippen molar-refractivity contribution in [2.24, 2.45) is 17.8 Å². The van der Waals surface area contributed by atoms with Gasteiger partial charge in [0.25, 0.3) is 12.4 Å². The maximum absolute atomic E-state index is 13.0. The van der Waals surface area contributed by atoms with Crippen LogP contribution in [0.3, 0.4) is 0 Å². The van der Waals surface area contributed by atoms with Crippen LogP contribution in [0.2, 0.25) is 10.0 Å². The van der Waals surface area contributed by atoms with Crippen LogP contribution in [0, 0.1) is 17.8 Å². The highest BCUT2D eigenvalue weighted by Crippen LogP contribution is 2.41. The molecule has 166 valence electrons. The van der Waals surface area contributed by atoms with Crippen LogP contribution in [0.5, 0.6) is 0 Å². The van der Waals surface area contributed by atoms with E-state index in [-0.39, 0.29) is 18.5 Å². The van der Waals surface area contributed by atoms with Crippen LogP contribution in [-0.4, -0.2) is 73.2 Å². The van der Waals surface area contributed by atoms with Crippen LogP contribution in [0.4, 0.5) is 0 Å². The monoisotopic (exact) mass is 456 g/mol. The topological polar surface area (TPSA) is 70.1 Å². The van der Waals surface area contributed by atoms with E-state index in [2.05, 4.69) is 19.0 Å². The molecular weight excluding hydrogens is 427 g/mol. The van der Waals surface area contributed by atoms with E-state index >= 15 is 0 Å². The lowest BCUT2D eigenvalue weighted by Crippen LogP contribution is -2.48. The third kappa shape index (κ3) is 5.47. The van der Waals surface area contributed by atoms with Crippen molar-refractivity contribution in [3.8, 4) is 0 Å². The third-order valence-electron chi connectivity index (χ3n) is 6.46. The molecule has 1 heterocycles. The van der Waals surface area contributed by atoms with Crippen molar-refractivity contribution in [1.82, 2.24) is 9.80 Å².